The van der Waals surface area contributed by atoms with Crippen LogP contribution in [-0.4, -0.2) is 32.1 Å². The van der Waals surface area contributed by atoms with E-state index in [-0.39, 0.29) is 11.9 Å². The molecule has 0 radical (unpaired) electrons. The summed E-state index contributed by atoms with van der Waals surface area (Å²) in [5, 5.41) is 3.93. The van der Waals surface area contributed by atoms with Gasteiger partial charge in [0.15, 0.2) is 0 Å². The van der Waals surface area contributed by atoms with Crippen LogP contribution in [0.5, 0.6) is 5.75 Å². The first-order valence-corrected chi connectivity index (χ1v) is 9.05. The smallest absolute Gasteiger partial charge is 0.251 e. The predicted octanol–water partition coefficient (Wildman–Crippen LogP) is 2.33. The maximum Gasteiger partial charge on any atom is 0.251 e. The molecule has 0 unspecified atom stereocenters. The first-order valence-electron chi connectivity index (χ1n) is 8.67. The van der Waals surface area contributed by atoms with E-state index >= 15 is 0 Å². The molecule has 0 atom stereocenters. The number of carbonyl (C=O) groups is 1. The molecule has 0 bridgehead atoms. The summed E-state index contributed by atoms with van der Waals surface area (Å²) in [5.74, 6) is 0.680. The lowest BCUT2D eigenvalue weighted by Crippen LogP contribution is -3.12. The number of rotatable bonds is 5. The van der Waals surface area contributed by atoms with E-state index < -0.39 is 0 Å². The van der Waals surface area contributed by atoms with Gasteiger partial charge in [-0.05, 0) is 30.3 Å². The zero-order valence-corrected chi connectivity index (χ0v) is 15.2. The number of likely N-dealkylation sites (tertiary alicyclic amines) is 1. The van der Waals surface area contributed by atoms with Gasteiger partial charge in [-0.15, -0.1) is 0 Å². The molecule has 1 aliphatic rings. The summed E-state index contributed by atoms with van der Waals surface area (Å²) in [7, 11) is 1.61. The minimum atomic E-state index is -0.0231. The maximum absolute atomic E-state index is 12.4. The highest BCUT2D eigenvalue weighted by molar-refractivity contribution is 6.30. The van der Waals surface area contributed by atoms with Gasteiger partial charge in [-0.2, -0.15) is 0 Å². The highest BCUT2D eigenvalue weighted by Crippen LogP contribution is 2.13. The third-order valence-corrected chi connectivity index (χ3v) is 4.98. The van der Waals surface area contributed by atoms with Gasteiger partial charge in [0.1, 0.15) is 12.3 Å². The predicted molar refractivity (Wildman–Crippen MR) is 99.3 cm³/mol. The van der Waals surface area contributed by atoms with Crippen LogP contribution in [0.2, 0.25) is 5.02 Å². The normalized spacial score (nSPS) is 20.1. The zero-order chi connectivity index (χ0) is 17.6. The number of quaternary nitrogens is 1. The summed E-state index contributed by atoms with van der Waals surface area (Å²) in [5.41, 5.74) is 1.95. The Hall–Kier alpha value is -2.04. The second kappa shape index (κ2) is 8.37. The van der Waals surface area contributed by atoms with Crippen LogP contribution in [0.25, 0.3) is 0 Å². The van der Waals surface area contributed by atoms with E-state index in [9.17, 15) is 4.79 Å². The topological polar surface area (TPSA) is 42.8 Å². The molecule has 5 heteroatoms. The molecule has 1 saturated heterocycles. The first kappa shape index (κ1) is 17.8. The van der Waals surface area contributed by atoms with E-state index in [1.807, 2.05) is 30.3 Å². The molecule has 25 heavy (non-hydrogen) atoms. The second-order valence-corrected chi connectivity index (χ2v) is 6.97. The fourth-order valence-corrected chi connectivity index (χ4v) is 3.40. The van der Waals surface area contributed by atoms with Crippen molar-refractivity contribution in [1.29, 1.82) is 0 Å². The summed E-state index contributed by atoms with van der Waals surface area (Å²) in [4.78, 5) is 13.9. The summed E-state index contributed by atoms with van der Waals surface area (Å²) >= 11 is 5.94. The summed E-state index contributed by atoms with van der Waals surface area (Å²) in [6.07, 6.45) is 2.00. The number of ether oxygens (including phenoxy) is 1. The fraction of sp³-hybridized carbons (Fsp3) is 0.350. The molecule has 2 N–H and O–H groups in total. The van der Waals surface area contributed by atoms with E-state index in [2.05, 4.69) is 17.4 Å². The molecule has 0 saturated carbocycles. The van der Waals surface area contributed by atoms with Gasteiger partial charge in [0.2, 0.25) is 0 Å². The van der Waals surface area contributed by atoms with Gasteiger partial charge in [0.05, 0.1) is 20.2 Å². The van der Waals surface area contributed by atoms with E-state index in [1.165, 1.54) is 5.56 Å². The first-order chi connectivity index (χ1) is 12.1. The number of piperidine rings is 1. The van der Waals surface area contributed by atoms with Crippen molar-refractivity contribution in [1.82, 2.24) is 5.32 Å². The monoisotopic (exact) mass is 359 g/mol. The van der Waals surface area contributed by atoms with Gasteiger partial charge in [-0.1, -0.05) is 29.8 Å². The second-order valence-electron chi connectivity index (χ2n) is 6.53. The Bertz CT molecular complexity index is 710. The fourth-order valence-electron chi connectivity index (χ4n) is 3.27. The summed E-state index contributed by atoms with van der Waals surface area (Å²) in [6.45, 7) is 3.13. The van der Waals surface area contributed by atoms with Crippen LogP contribution in [0, 0.1) is 0 Å². The minimum absolute atomic E-state index is 0.0231. The van der Waals surface area contributed by atoms with Gasteiger partial charge in [-0.3, -0.25) is 4.79 Å². The average Bonchev–Trinajstić information content (AvgIpc) is 2.65. The van der Waals surface area contributed by atoms with Crippen molar-refractivity contribution in [2.24, 2.45) is 0 Å². The number of methoxy groups -OCH3 is 1. The zero-order valence-electron chi connectivity index (χ0n) is 14.4. The molecule has 2 aromatic rings. The number of halogens is 1. The molecule has 0 aliphatic carbocycles. The van der Waals surface area contributed by atoms with Crippen molar-refractivity contribution < 1.29 is 14.4 Å². The van der Waals surface area contributed by atoms with Gasteiger partial charge in [0.25, 0.3) is 5.91 Å². The van der Waals surface area contributed by atoms with Crippen LogP contribution >= 0.6 is 11.6 Å². The maximum atomic E-state index is 12.4. The van der Waals surface area contributed by atoms with Gasteiger partial charge >= 0.3 is 0 Å². The molecule has 4 nitrogen and oxygen atoms in total. The van der Waals surface area contributed by atoms with Crippen molar-refractivity contribution in [3.63, 3.8) is 0 Å². The Morgan fingerprint density at radius 1 is 1.20 bits per heavy atom. The van der Waals surface area contributed by atoms with Crippen LogP contribution in [0.3, 0.4) is 0 Å². The lowest BCUT2D eigenvalue weighted by atomic mass is 10.0. The minimum Gasteiger partial charge on any atom is -0.497 e. The highest BCUT2D eigenvalue weighted by Gasteiger charge is 2.23. The third-order valence-electron chi connectivity index (χ3n) is 4.73. The Morgan fingerprint density at radius 3 is 2.60 bits per heavy atom. The standard InChI is InChI=1S/C20H23ClN2O2/c1-25-19-4-2-3-16(13-19)20(24)22-18-9-11-23(12-10-18)14-15-5-7-17(21)8-6-15/h2-8,13,18H,9-12,14H2,1H3,(H,22,24)/p+1. The van der Waals surface area contributed by atoms with Crippen molar-refractivity contribution in [3.05, 3.63) is 64.7 Å². The molecule has 132 valence electrons. The van der Waals surface area contributed by atoms with E-state index in [1.54, 1.807) is 18.1 Å². The largest absolute Gasteiger partial charge is 0.497 e. The SMILES string of the molecule is COc1cccc(C(=O)NC2CC[NH+](Cc3ccc(Cl)cc3)CC2)c1. The quantitative estimate of drug-likeness (QED) is 0.860. The summed E-state index contributed by atoms with van der Waals surface area (Å²) in [6, 6.07) is 15.6. The van der Waals surface area contributed by atoms with Crippen molar-refractivity contribution >= 4 is 17.5 Å². The molecule has 0 aromatic heterocycles. The molecule has 1 aliphatic heterocycles. The van der Waals surface area contributed by atoms with Crippen LogP contribution < -0.4 is 15.0 Å². The number of benzene rings is 2. The lowest BCUT2D eigenvalue weighted by molar-refractivity contribution is -0.918. The van der Waals surface area contributed by atoms with Gasteiger partial charge in [-0.25, -0.2) is 0 Å². The molecule has 0 spiro atoms. The Labute approximate surface area is 153 Å². The highest BCUT2D eigenvalue weighted by atomic mass is 35.5. The number of hydrogen-bond acceptors (Lipinski definition) is 2. The Kier molecular flexibility index (Phi) is 5.95. The van der Waals surface area contributed by atoms with E-state index in [4.69, 9.17) is 16.3 Å². The van der Waals surface area contributed by atoms with Gasteiger partial charge in [0, 0.05) is 35.0 Å². The van der Waals surface area contributed by atoms with E-state index in [0.717, 1.165) is 37.5 Å². The average molecular weight is 360 g/mol. The van der Waals surface area contributed by atoms with E-state index in [0.29, 0.717) is 11.3 Å². The van der Waals surface area contributed by atoms with Crippen molar-refractivity contribution in [2.75, 3.05) is 20.2 Å². The lowest BCUT2D eigenvalue weighted by Gasteiger charge is -2.29. The molecule has 1 fully saturated rings. The van der Waals surface area contributed by atoms with Crippen LogP contribution in [0.4, 0.5) is 0 Å². The van der Waals surface area contributed by atoms with Crippen molar-refractivity contribution in [3.8, 4) is 5.75 Å². The number of nitrogens with one attached hydrogen (secondary N) is 2. The van der Waals surface area contributed by atoms with Crippen LogP contribution in [-0.2, 0) is 6.54 Å². The van der Waals surface area contributed by atoms with Gasteiger partial charge < -0.3 is 15.0 Å². The molecule has 2 aromatic carbocycles. The Balaban J connectivity index is 1.48. The molecule has 1 amide bonds. The molecular weight excluding hydrogens is 336 g/mol. The van der Waals surface area contributed by atoms with Crippen molar-refractivity contribution in [2.45, 2.75) is 25.4 Å². The van der Waals surface area contributed by atoms with Crippen LogP contribution in [0.15, 0.2) is 48.5 Å². The number of amides is 1. The third kappa shape index (κ3) is 4.97. The molecule has 1 heterocycles. The Morgan fingerprint density at radius 2 is 1.92 bits per heavy atom. The number of carbonyl (C=O) groups excluding carboxylic acids is 1. The van der Waals surface area contributed by atoms with Crippen LogP contribution in [0.1, 0.15) is 28.8 Å². The number of hydrogen-bond donors (Lipinski definition) is 2. The molecule has 3 rings (SSSR count). The summed E-state index contributed by atoms with van der Waals surface area (Å²) < 4.78 is 5.18. The molecular formula is C20H24ClN2O2+.